The van der Waals surface area contributed by atoms with E-state index < -0.39 is 0 Å². The summed E-state index contributed by atoms with van der Waals surface area (Å²) >= 11 is 7.52. The Labute approximate surface area is 154 Å². The number of fused-ring (bicyclic) bond motifs is 1. The summed E-state index contributed by atoms with van der Waals surface area (Å²) in [6.07, 6.45) is 0.459. The fourth-order valence-electron chi connectivity index (χ4n) is 2.51. The Kier molecular flexibility index (Phi) is 5.25. The van der Waals surface area contributed by atoms with Crippen molar-refractivity contribution in [1.82, 2.24) is 9.55 Å². The molecule has 3 rings (SSSR count). The zero-order valence-electron chi connectivity index (χ0n) is 14.0. The van der Waals surface area contributed by atoms with Crippen LogP contribution >= 0.6 is 23.4 Å². The summed E-state index contributed by atoms with van der Waals surface area (Å²) in [6.45, 7) is 3.69. The van der Waals surface area contributed by atoms with Crippen molar-refractivity contribution >= 4 is 40.0 Å². The summed E-state index contributed by atoms with van der Waals surface area (Å²) < 4.78 is 1.55. The number of Topliss-reactive ketones (excluding diaryl/α,β-unsaturated/α-hetero) is 1. The van der Waals surface area contributed by atoms with Crippen LogP contribution in [-0.2, 0) is 4.79 Å². The minimum atomic E-state index is -0.164. The number of carbonyl (C=O) groups excluding carboxylic acids is 1. The maximum atomic E-state index is 13.1. The van der Waals surface area contributed by atoms with Crippen LogP contribution in [0.2, 0.25) is 5.02 Å². The van der Waals surface area contributed by atoms with E-state index in [-0.39, 0.29) is 17.1 Å². The molecule has 0 aliphatic heterocycles. The van der Waals surface area contributed by atoms with Crippen LogP contribution in [0.5, 0.6) is 0 Å². The molecule has 2 aromatic carbocycles. The molecular weight excluding hydrogens is 356 g/mol. The third-order valence-corrected chi connectivity index (χ3v) is 5.39. The third-order valence-electron chi connectivity index (χ3n) is 3.98. The standard InChI is InChI=1S/C19H17ClN2O2S/c1-3-13(23)11-25-19-21-16-9-5-4-7-14(16)18(24)22(19)17-10-6-8-15(20)12(17)2/h4-10H,3,11H2,1-2H3. The quantitative estimate of drug-likeness (QED) is 0.491. The lowest BCUT2D eigenvalue weighted by Crippen LogP contribution is -2.23. The molecule has 3 aromatic rings. The largest absolute Gasteiger partial charge is 0.299 e. The number of thioether (sulfide) groups is 1. The first kappa shape index (κ1) is 17.7. The molecule has 0 N–H and O–H groups in total. The van der Waals surface area contributed by atoms with Crippen LogP contribution in [0.4, 0.5) is 0 Å². The number of rotatable bonds is 5. The highest BCUT2D eigenvalue weighted by Gasteiger charge is 2.16. The Morgan fingerprint density at radius 1 is 1.20 bits per heavy atom. The summed E-state index contributed by atoms with van der Waals surface area (Å²) in [5, 5.41) is 1.61. The molecule has 0 aliphatic rings. The maximum absolute atomic E-state index is 13.1. The molecule has 0 saturated heterocycles. The van der Waals surface area contributed by atoms with Gasteiger partial charge in [0.05, 0.1) is 22.3 Å². The predicted octanol–water partition coefficient (Wildman–Crippen LogP) is 4.42. The summed E-state index contributed by atoms with van der Waals surface area (Å²) in [6, 6.07) is 12.6. The van der Waals surface area contributed by atoms with Crippen molar-refractivity contribution in [3.63, 3.8) is 0 Å². The van der Waals surface area contributed by atoms with Gasteiger partial charge in [0, 0.05) is 11.4 Å². The number of halogens is 1. The van der Waals surface area contributed by atoms with Crippen molar-refractivity contribution in [2.75, 3.05) is 5.75 Å². The molecule has 0 aliphatic carbocycles. The van der Waals surface area contributed by atoms with Gasteiger partial charge in [-0.15, -0.1) is 0 Å². The number of hydrogen-bond donors (Lipinski definition) is 0. The number of carbonyl (C=O) groups is 1. The minimum Gasteiger partial charge on any atom is -0.299 e. The second kappa shape index (κ2) is 7.42. The molecule has 0 radical (unpaired) electrons. The van der Waals surface area contributed by atoms with Gasteiger partial charge in [0.2, 0.25) is 0 Å². The van der Waals surface area contributed by atoms with Crippen LogP contribution in [-0.4, -0.2) is 21.1 Å². The highest BCUT2D eigenvalue weighted by molar-refractivity contribution is 7.99. The Morgan fingerprint density at radius 2 is 1.96 bits per heavy atom. The Hall–Kier alpha value is -2.11. The van der Waals surface area contributed by atoms with Crippen LogP contribution in [0.25, 0.3) is 16.6 Å². The second-order valence-corrected chi connectivity index (χ2v) is 6.97. The van der Waals surface area contributed by atoms with Crippen LogP contribution < -0.4 is 5.56 Å². The summed E-state index contributed by atoms with van der Waals surface area (Å²) in [7, 11) is 0. The Balaban J connectivity index is 2.27. The van der Waals surface area contributed by atoms with Crippen molar-refractivity contribution in [3.8, 4) is 5.69 Å². The van der Waals surface area contributed by atoms with Gasteiger partial charge in [0.25, 0.3) is 5.56 Å². The highest BCUT2D eigenvalue weighted by Crippen LogP contribution is 2.26. The maximum Gasteiger partial charge on any atom is 0.266 e. The molecular formula is C19H17ClN2O2S. The molecule has 6 heteroatoms. The van der Waals surface area contributed by atoms with Gasteiger partial charge in [-0.05, 0) is 36.8 Å². The molecule has 0 spiro atoms. The Morgan fingerprint density at radius 3 is 2.72 bits per heavy atom. The first-order valence-corrected chi connectivity index (χ1v) is 9.31. The van der Waals surface area contributed by atoms with Gasteiger partial charge in [-0.3, -0.25) is 14.2 Å². The van der Waals surface area contributed by atoms with Gasteiger partial charge in [0.1, 0.15) is 5.78 Å². The van der Waals surface area contributed by atoms with Gasteiger partial charge in [0.15, 0.2) is 5.16 Å². The van der Waals surface area contributed by atoms with Crippen molar-refractivity contribution < 1.29 is 4.79 Å². The average molecular weight is 373 g/mol. The molecule has 0 saturated carbocycles. The van der Waals surface area contributed by atoms with Crippen LogP contribution in [0.15, 0.2) is 52.4 Å². The van der Waals surface area contributed by atoms with E-state index in [1.807, 2.05) is 32.0 Å². The smallest absolute Gasteiger partial charge is 0.266 e. The van der Waals surface area contributed by atoms with E-state index >= 15 is 0 Å². The van der Waals surface area contributed by atoms with E-state index in [1.54, 1.807) is 28.8 Å². The lowest BCUT2D eigenvalue weighted by Gasteiger charge is -2.15. The van der Waals surface area contributed by atoms with E-state index in [0.29, 0.717) is 33.2 Å². The summed E-state index contributed by atoms with van der Waals surface area (Å²) in [4.78, 5) is 29.5. The topological polar surface area (TPSA) is 52.0 Å². The lowest BCUT2D eigenvalue weighted by molar-refractivity contribution is -0.116. The molecule has 0 fully saturated rings. The van der Waals surface area contributed by atoms with E-state index in [9.17, 15) is 9.59 Å². The van der Waals surface area contributed by atoms with Crippen molar-refractivity contribution in [2.24, 2.45) is 0 Å². The van der Waals surface area contributed by atoms with Crippen LogP contribution in [0.3, 0.4) is 0 Å². The normalized spacial score (nSPS) is 11.0. The fraction of sp³-hybridized carbons (Fsp3) is 0.211. The summed E-state index contributed by atoms with van der Waals surface area (Å²) in [5.74, 6) is 0.391. The highest BCUT2D eigenvalue weighted by atomic mass is 35.5. The first-order chi connectivity index (χ1) is 12.0. The van der Waals surface area contributed by atoms with E-state index in [1.165, 1.54) is 11.8 Å². The number of aromatic nitrogens is 2. The molecule has 0 unspecified atom stereocenters. The fourth-order valence-corrected chi connectivity index (χ4v) is 3.64. The number of hydrogen-bond acceptors (Lipinski definition) is 4. The first-order valence-electron chi connectivity index (χ1n) is 7.94. The van der Waals surface area contributed by atoms with Gasteiger partial charge >= 0.3 is 0 Å². The van der Waals surface area contributed by atoms with Gasteiger partial charge in [-0.2, -0.15) is 0 Å². The molecule has 1 heterocycles. The van der Waals surface area contributed by atoms with Gasteiger partial charge < -0.3 is 0 Å². The van der Waals surface area contributed by atoms with Crippen molar-refractivity contribution in [2.45, 2.75) is 25.4 Å². The average Bonchev–Trinajstić information content (AvgIpc) is 2.62. The van der Waals surface area contributed by atoms with Crippen LogP contribution in [0.1, 0.15) is 18.9 Å². The molecule has 1 aromatic heterocycles. The van der Waals surface area contributed by atoms with Crippen molar-refractivity contribution in [1.29, 1.82) is 0 Å². The SMILES string of the molecule is CCC(=O)CSc1nc2ccccc2c(=O)n1-c1cccc(Cl)c1C. The second-order valence-electron chi connectivity index (χ2n) is 5.62. The van der Waals surface area contributed by atoms with E-state index in [4.69, 9.17) is 11.6 Å². The van der Waals surface area contributed by atoms with E-state index in [2.05, 4.69) is 4.98 Å². The van der Waals surface area contributed by atoms with Crippen molar-refractivity contribution in [3.05, 3.63) is 63.4 Å². The minimum absolute atomic E-state index is 0.113. The molecule has 25 heavy (non-hydrogen) atoms. The van der Waals surface area contributed by atoms with Gasteiger partial charge in [-0.25, -0.2) is 4.98 Å². The molecule has 0 bridgehead atoms. The molecule has 4 nitrogen and oxygen atoms in total. The molecule has 128 valence electrons. The number of nitrogens with zero attached hydrogens (tertiary/aromatic N) is 2. The molecule has 0 atom stereocenters. The van der Waals surface area contributed by atoms with E-state index in [0.717, 1.165) is 5.56 Å². The monoisotopic (exact) mass is 372 g/mol. The lowest BCUT2D eigenvalue weighted by atomic mass is 10.2. The number of para-hydroxylation sites is 1. The third kappa shape index (κ3) is 3.48. The van der Waals surface area contributed by atoms with Gasteiger partial charge in [-0.1, -0.05) is 48.5 Å². The Bertz CT molecular complexity index is 1010. The molecule has 0 amide bonds. The van der Waals surface area contributed by atoms with Crippen LogP contribution in [0, 0.1) is 6.92 Å². The summed E-state index contributed by atoms with van der Waals surface area (Å²) in [5.41, 5.74) is 1.94. The number of ketones is 1. The zero-order chi connectivity index (χ0) is 18.0. The zero-order valence-corrected chi connectivity index (χ0v) is 15.5. The predicted molar refractivity (Wildman–Crippen MR) is 103 cm³/mol. The number of benzene rings is 2.